The van der Waals surface area contributed by atoms with Gasteiger partial charge in [-0.25, -0.2) is 9.37 Å². The summed E-state index contributed by atoms with van der Waals surface area (Å²) in [6.07, 6.45) is 3.16. The van der Waals surface area contributed by atoms with E-state index in [9.17, 15) is 9.18 Å². The number of halogens is 3. The number of carbonyl (C=O) groups excluding carboxylic acids is 1. The highest BCUT2D eigenvalue weighted by Gasteiger charge is 2.24. The maximum absolute atomic E-state index is 14.0. The van der Waals surface area contributed by atoms with E-state index in [-0.39, 0.29) is 22.8 Å². The van der Waals surface area contributed by atoms with Crippen molar-refractivity contribution in [2.45, 2.75) is 18.9 Å². The fraction of sp³-hybridized carbons (Fsp3) is 0.238. The molecule has 4 nitrogen and oxygen atoms in total. The molecule has 1 amide bonds. The lowest BCUT2D eigenvalue weighted by Gasteiger charge is -2.33. The molecular formula is C21H18Cl2FN3O. The maximum atomic E-state index is 14.0. The van der Waals surface area contributed by atoms with E-state index in [4.69, 9.17) is 23.2 Å². The first-order valence-corrected chi connectivity index (χ1v) is 9.83. The van der Waals surface area contributed by atoms with Crippen molar-refractivity contribution in [3.8, 4) is 0 Å². The Morgan fingerprint density at radius 3 is 2.61 bits per heavy atom. The number of hydrogen-bond acceptors (Lipinski definition) is 3. The quantitative estimate of drug-likeness (QED) is 0.645. The fourth-order valence-corrected chi connectivity index (χ4v) is 3.97. The molecule has 0 atom stereocenters. The Bertz CT molecular complexity index is 1040. The zero-order valence-electron chi connectivity index (χ0n) is 15.0. The van der Waals surface area contributed by atoms with Gasteiger partial charge in [0.05, 0.1) is 15.6 Å². The van der Waals surface area contributed by atoms with E-state index in [0.29, 0.717) is 16.0 Å². The summed E-state index contributed by atoms with van der Waals surface area (Å²) < 4.78 is 14.0. The van der Waals surface area contributed by atoms with Gasteiger partial charge in [-0.1, -0.05) is 41.4 Å². The summed E-state index contributed by atoms with van der Waals surface area (Å²) in [6.45, 7) is 1.44. The second-order valence-electron chi connectivity index (χ2n) is 6.81. The van der Waals surface area contributed by atoms with Crippen LogP contribution in [0.4, 0.5) is 10.2 Å². The predicted molar refractivity (Wildman–Crippen MR) is 111 cm³/mol. The molecule has 1 aromatic heterocycles. The molecule has 144 valence electrons. The molecule has 1 N–H and O–H groups in total. The summed E-state index contributed by atoms with van der Waals surface area (Å²) >= 11 is 12.1. The molecule has 1 aliphatic rings. The van der Waals surface area contributed by atoms with Crippen LogP contribution in [0.25, 0.3) is 10.8 Å². The number of carbonyl (C=O) groups is 1. The zero-order valence-corrected chi connectivity index (χ0v) is 16.5. The smallest absolute Gasteiger partial charge is 0.253 e. The molecule has 2 aromatic carbocycles. The number of amides is 1. The molecular weight excluding hydrogens is 400 g/mol. The van der Waals surface area contributed by atoms with Gasteiger partial charge in [-0.2, -0.15) is 0 Å². The molecule has 1 aliphatic heterocycles. The number of hydrogen-bond donors (Lipinski definition) is 1. The van der Waals surface area contributed by atoms with E-state index in [1.54, 1.807) is 36.5 Å². The third-order valence-electron chi connectivity index (χ3n) is 5.06. The number of benzene rings is 2. The van der Waals surface area contributed by atoms with Gasteiger partial charge in [-0.05, 0) is 37.1 Å². The second kappa shape index (κ2) is 7.94. The lowest BCUT2D eigenvalue weighted by Crippen LogP contribution is -2.45. The molecule has 28 heavy (non-hydrogen) atoms. The van der Waals surface area contributed by atoms with Crippen LogP contribution in [-0.4, -0.2) is 30.0 Å². The minimum atomic E-state index is -0.248. The molecule has 0 unspecified atom stereocenters. The topological polar surface area (TPSA) is 45.2 Å². The Kier molecular flexibility index (Phi) is 5.38. The molecule has 4 rings (SSSR count). The van der Waals surface area contributed by atoms with Gasteiger partial charge >= 0.3 is 0 Å². The number of pyridine rings is 1. The average Bonchev–Trinajstić information content (AvgIpc) is 2.70. The zero-order chi connectivity index (χ0) is 19.7. The van der Waals surface area contributed by atoms with Crippen LogP contribution in [0.2, 0.25) is 10.0 Å². The normalized spacial score (nSPS) is 15.0. The summed E-state index contributed by atoms with van der Waals surface area (Å²) in [5.41, 5.74) is 0.378. The average molecular weight is 418 g/mol. The van der Waals surface area contributed by atoms with E-state index in [2.05, 4.69) is 15.2 Å². The van der Waals surface area contributed by atoms with E-state index in [0.717, 1.165) is 37.1 Å². The number of anilines is 1. The van der Waals surface area contributed by atoms with E-state index >= 15 is 0 Å². The van der Waals surface area contributed by atoms with Gasteiger partial charge in [0.2, 0.25) is 0 Å². The monoisotopic (exact) mass is 417 g/mol. The highest BCUT2D eigenvalue weighted by atomic mass is 35.5. The van der Waals surface area contributed by atoms with Crippen molar-refractivity contribution in [3.63, 3.8) is 0 Å². The number of rotatable bonds is 3. The Morgan fingerprint density at radius 1 is 1.07 bits per heavy atom. The molecule has 0 radical (unpaired) electrons. The maximum Gasteiger partial charge on any atom is 0.253 e. The van der Waals surface area contributed by atoms with Crippen molar-refractivity contribution in [1.82, 2.24) is 10.3 Å². The predicted octanol–water partition coefficient (Wildman–Crippen LogP) is 5.08. The lowest BCUT2D eigenvalue weighted by molar-refractivity contribution is 0.0931. The van der Waals surface area contributed by atoms with Crippen LogP contribution >= 0.6 is 23.2 Å². The molecule has 2 heterocycles. The summed E-state index contributed by atoms with van der Waals surface area (Å²) in [5.74, 6) is 0.303. The van der Waals surface area contributed by atoms with Gasteiger partial charge in [-0.15, -0.1) is 0 Å². The van der Waals surface area contributed by atoms with Crippen LogP contribution in [0.15, 0.2) is 48.7 Å². The van der Waals surface area contributed by atoms with Crippen LogP contribution in [-0.2, 0) is 0 Å². The van der Waals surface area contributed by atoms with Gasteiger partial charge in [-0.3, -0.25) is 4.79 Å². The summed E-state index contributed by atoms with van der Waals surface area (Å²) in [6, 6.07) is 11.8. The number of nitrogens with zero attached hydrogens (tertiary/aromatic N) is 2. The van der Waals surface area contributed by atoms with Gasteiger partial charge in [0.25, 0.3) is 5.91 Å². The Morgan fingerprint density at radius 2 is 1.82 bits per heavy atom. The first-order chi connectivity index (χ1) is 13.5. The molecule has 1 saturated heterocycles. The summed E-state index contributed by atoms with van der Waals surface area (Å²) in [4.78, 5) is 19.1. The number of piperidine rings is 1. The minimum Gasteiger partial charge on any atom is -0.356 e. The van der Waals surface area contributed by atoms with Gasteiger partial charge < -0.3 is 10.2 Å². The van der Waals surface area contributed by atoms with Crippen LogP contribution in [0.5, 0.6) is 0 Å². The molecule has 0 bridgehead atoms. The lowest BCUT2D eigenvalue weighted by atomic mass is 10.0. The van der Waals surface area contributed by atoms with E-state index < -0.39 is 0 Å². The van der Waals surface area contributed by atoms with Crippen LogP contribution in [0, 0.1) is 5.82 Å². The molecule has 1 fully saturated rings. The third kappa shape index (κ3) is 3.64. The van der Waals surface area contributed by atoms with Crippen LogP contribution in [0.3, 0.4) is 0 Å². The first-order valence-electron chi connectivity index (χ1n) is 9.07. The highest BCUT2D eigenvalue weighted by Crippen LogP contribution is 2.29. The molecule has 7 heteroatoms. The van der Waals surface area contributed by atoms with Crippen molar-refractivity contribution >= 4 is 45.7 Å². The van der Waals surface area contributed by atoms with Gasteiger partial charge in [0, 0.05) is 36.1 Å². The van der Waals surface area contributed by atoms with Crippen molar-refractivity contribution in [1.29, 1.82) is 0 Å². The van der Waals surface area contributed by atoms with Crippen molar-refractivity contribution in [2.24, 2.45) is 0 Å². The molecule has 0 saturated carbocycles. The minimum absolute atomic E-state index is 0.0329. The highest BCUT2D eigenvalue weighted by molar-refractivity contribution is 6.43. The fourth-order valence-electron chi connectivity index (χ4n) is 3.58. The van der Waals surface area contributed by atoms with Crippen molar-refractivity contribution < 1.29 is 9.18 Å². The number of nitrogens with one attached hydrogen (secondary N) is 1. The third-order valence-corrected chi connectivity index (χ3v) is 5.88. The van der Waals surface area contributed by atoms with E-state index in [1.807, 2.05) is 6.07 Å². The van der Waals surface area contributed by atoms with Crippen LogP contribution in [0.1, 0.15) is 23.2 Å². The molecule has 3 aromatic rings. The largest absolute Gasteiger partial charge is 0.356 e. The van der Waals surface area contributed by atoms with Crippen LogP contribution < -0.4 is 10.2 Å². The number of aromatic nitrogens is 1. The summed E-state index contributed by atoms with van der Waals surface area (Å²) in [7, 11) is 0. The first kappa shape index (κ1) is 19.0. The molecule has 0 aliphatic carbocycles. The standard InChI is InChI=1S/C21H18Cl2FN3O/c22-17-5-1-4-16(19(17)23)21(28)26-13-8-11-27(12-9-13)20-15-3-2-6-18(24)14(15)7-10-25-20/h1-7,10,13H,8-9,11-12H2,(H,26,28). The van der Waals surface area contributed by atoms with E-state index in [1.165, 1.54) is 6.07 Å². The summed E-state index contributed by atoms with van der Waals surface area (Å²) in [5, 5.41) is 5.03. The Balaban J connectivity index is 1.45. The molecule has 0 spiro atoms. The SMILES string of the molecule is O=C(NC1CCN(c2nccc3c(F)cccc23)CC1)c1cccc(Cl)c1Cl. The van der Waals surface area contributed by atoms with Gasteiger partial charge in [0.15, 0.2) is 0 Å². The second-order valence-corrected chi connectivity index (χ2v) is 7.59. The Labute approximate surface area is 172 Å². The Hall–Kier alpha value is -2.37. The van der Waals surface area contributed by atoms with Gasteiger partial charge in [0.1, 0.15) is 11.6 Å². The van der Waals surface area contributed by atoms with Crippen molar-refractivity contribution in [3.05, 3.63) is 70.1 Å². The number of fused-ring (bicyclic) bond motifs is 1. The van der Waals surface area contributed by atoms with Crippen molar-refractivity contribution in [2.75, 3.05) is 18.0 Å².